The highest BCUT2D eigenvalue weighted by molar-refractivity contribution is 5.69. The van der Waals surface area contributed by atoms with Crippen LogP contribution in [0.15, 0.2) is 24.8 Å². The second-order valence-electron chi connectivity index (χ2n) is 2.72. The van der Waals surface area contributed by atoms with Gasteiger partial charge in [0.15, 0.2) is 0 Å². The summed E-state index contributed by atoms with van der Waals surface area (Å²) >= 11 is 0. The van der Waals surface area contributed by atoms with E-state index in [-0.39, 0.29) is 5.97 Å². The van der Waals surface area contributed by atoms with Crippen LogP contribution in [0, 0.1) is 0 Å². The van der Waals surface area contributed by atoms with Gasteiger partial charge in [-0.3, -0.25) is 4.79 Å². The lowest BCUT2D eigenvalue weighted by Gasteiger charge is -1.93. The van der Waals surface area contributed by atoms with Crippen LogP contribution in [0.4, 0.5) is 0 Å². The van der Waals surface area contributed by atoms with Crippen molar-refractivity contribution < 1.29 is 14.3 Å². The Morgan fingerprint density at radius 3 is 2.57 bits per heavy atom. The Bertz CT molecular complexity index is 180. The smallest absolute Gasteiger partial charge is 0.305 e. The molecule has 1 aliphatic rings. The molecule has 0 N–H and O–H groups in total. The molecule has 0 aliphatic carbocycles. The molecule has 1 heterocycles. The van der Waals surface area contributed by atoms with Crippen molar-refractivity contribution >= 4 is 5.97 Å². The van der Waals surface area contributed by atoms with Crippen LogP contribution in [0.2, 0.25) is 0 Å². The predicted molar refractivity (Wildman–Crippen MR) is 56.0 cm³/mol. The van der Waals surface area contributed by atoms with Crippen LogP contribution in [-0.2, 0) is 14.3 Å². The molecule has 1 saturated heterocycles. The first-order chi connectivity index (χ1) is 6.81. The van der Waals surface area contributed by atoms with Gasteiger partial charge in [-0.25, -0.2) is 0 Å². The van der Waals surface area contributed by atoms with Crippen LogP contribution in [-0.4, -0.2) is 26.3 Å². The first kappa shape index (κ1) is 12.9. The lowest BCUT2D eigenvalue weighted by atomic mass is 10.2. The minimum atomic E-state index is -0.159. The van der Waals surface area contributed by atoms with Crippen LogP contribution < -0.4 is 0 Å². The number of epoxide rings is 1. The Balaban J connectivity index is 0.000000469. The number of hydrogen-bond donors (Lipinski definition) is 0. The molecule has 0 saturated carbocycles. The molecular formula is C11H18O3. The van der Waals surface area contributed by atoms with E-state index in [2.05, 4.69) is 16.1 Å². The van der Waals surface area contributed by atoms with Gasteiger partial charge in [0.05, 0.1) is 20.3 Å². The number of allylic oxidation sites excluding steroid dienone is 3. The summed E-state index contributed by atoms with van der Waals surface area (Å²) in [5.41, 5.74) is 0. The number of ether oxygens (including phenoxy) is 2. The van der Waals surface area contributed by atoms with E-state index in [1.165, 1.54) is 7.11 Å². The molecule has 0 spiro atoms. The van der Waals surface area contributed by atoms with Gasteiger partial charge in [-0.2, -0.15) is 0 Å². The molecule has 0 radical (unpaired) electrons. The largest absolute Gasteiger partial charge is 0.469 e. The van der Waals surface area contributed by atoms with Gasteiger partial charge >= 0.3 is 5.97 Å². The van der Waals surface area contributed by atoms with Crippen molar-refractivity contribution in [3.8, 4) is 0 Å². The maximum atomic E-state index is 10.6. The number of rotatable bonds is 5. The van der Waals surface area contributed by atoms with Gasteiger partial charge in [0.25, 0.3) is 0 Å². The summed E-state index contributed by atoms with van der Waals surface area (Å²) in [6.07, 6.45) is 7.83. The first-order valence-electron chi connectivity index (χ1n) is 4.71. The molecule has 0 aromatic rings. The number of carbonyl (C=O) groups excluding carboxylic acids is 1. The third-order valence-corrected chi connectivity index (χ3v) is 1.42. The summed E-state index contributed by atoms with van der Waals surface area (Å²) in [4.78, 5) is 10.6. The maximum absolute atomic E-state index is 10.6. The summed E-state index contributed by atoms with van der Waals surface area (Å²) < 4.78 is 8.96. The van der Waals surface area contributed by atoms with E-state index in [4.69, 9.17) is 0 Å². The van der Waals surface area contributed by atoms with E-state index in [1.54, 1.807) is 0 Å². The fourth-order valence-electron chi connectivity index (χ4n) is 0.614. The van der Waals surface area contributed by atoms with E-state index in [1.807, 2.05) is 18.2 Å². The fraction of sp³-hybridized carbons (Fsp3) is 0.545. The van der Waals surface area contributed by atoms with E-state index < -0.39 is 0 Å². The molecule has 1 rings (SSSR count). The van der Waals surface area contributed by atoms with Gasteiger partial charge in [-0.1, -0.05) is 18.2 Å². The number of hydrogen-bond acceptors (Lipinski definition) is 3. The molecule has 0 atom stereocenters. The zero-order chi connectivity index (χ0) is 10.6. The summed E-state index contributed by atoms with van der Waals surface area (Å²) in [6, 6.07) is 0. The van der Waals surface area contributed by atoms with E-state index in [0.717, 1.165) is 26.1 Å². The summed E-state index contributed by atoms with van der Waals surface area (Å²) in [5.74, 6) is -0.159. The molecule has 1 fully saturated rings. The lowest BCUT2D eigenvalue weighted by molar-refractivity contribution is -0.140. The minimum Gasteiger partial charge on any atom is -0.469 e. The minimum absolute atomic E-state index is 0.159. The Kier molecular flexibility index (Phi) is 9.22. The van der Waals surface area contributed by atoms with Gasteiger partial charge in [0, 0.05) is 6.42 Å². The van der Waals surface area contributed by atoms with Crippen molar-refractivity contribution in [1.29, 1.82) is 0 Å². The molecule has 14 heavy (non-hydrogen) atoms. The lowest BCUT2D eigenvalue weighted by Crippen LogP contribution is -1.97. The summed E-state index contributed by atoms with van der Waals surface area (Å²) in [7, 11) is 1.40. The molecule has 1 aliphatic heterocycles. The highest BCUT2D eigenvalue weighted by Crippen LogP contribution is 1.94. The summed E-state index contributed by atoms with van der Waals surface area (Å²) in [6.45, 7) is 5.57. The molecule has 3 heteroatoms. The maximum Gasteiger partial charge on any atom is 0.305 e. The van der Waals surface area contributed by atoms with Crippen LogP contribution in [0.25, 0.3) is 0 Å². The van der Waals surface area contributed by atoms with Gasteiger partial charge in [-0.15, -0.1) is 6.58 Å². The van der Waals surface area contributed by atoms with Crippen LogP contribution in [0.3, 0.4) is 0 Å². The van der Waals surface area contributed by atoms with Gasteiger partial charge in [0.1, 0.15) is 0 Å². The number of carbonyl (C=O) groups is 1. The van der Waals surface area contributed by atoms with Crippen LogP contribution >= 0.6 is 0 Å². The molecule has 3 nitrogen and oxygen atoms in total. The average molecular weight is 198 g/mol. The van der Waals surface area contributed by atoms with E-state index in [9.17, 15) is 4.79 Å². The summed E-state index contributed by atoms with van der Waals surface area (Å²) in [5, 5.41) is 0. The molecule has 80 valence electrons. The number of esters is 1. The van der Waals surface area contributed by atoms with E-state index in [0.29, 0.717) is 6.42 Å². The van der Waals surface area contributed by atoms with Gasteiger partial charge in [-0.05, 0) is 12.8 Å². The molecule has 0 unspecified atom stereocenters. The van der Waals surface area contributed by atoms with Crippen molar-refractivity contribution in [3.63, 3.8) is 0 Å². The second kappa shape index (κ2) is 9.99. The predicted octanol–water partition coefficient (Wildman–Crippen LogP) is 2.09. The molecule has 0 amide bonds. The second-order valence-corrected chi connectivity index (χ2v) is 2.72. The van der Waals surface area contributed by atoms with Crippen molar-refractivity contribution in [2.24, 2.45) is 0 Å². The zero-order valence-electron chi connectivity index (χ0n) is 8.70. The molecule has 0 aromatic heterocycles. The van der Waals surface area contributed by atoms with Crippen molar-refractivity contribution in [2.45, 2.75) is 19.3 Å². The van der Waals surface area contributed by atoms with Crippen molar-refractivity contribution in [1.82, 2.24) is 0 Å². The fourth-order valence-corrected chi connectivity index (χ4v) is 0.614. The highest BCUT2D eigenvalue weighted by Gasteiger charge is 1.94. The monoisotopic (exact) mass is 198 g/mol. The Hall–Kier alpha value is -1.09. The van der Waals surface area contributed by atoms with Crippen LogP contribution in [0.1, 0.15) is 19.3 Å². The average Bonchev–Trinajstić information content (AvgIpc) is 3.04. The van der Waals surface area contributed by atoms with Gasteiger partial charge < -0.3 is 9.47 Å². The third kappa shape index (κ3) is 13.5. The SMILES string of the molecule is C1CO1.C=CC/C=C/CCC(=O)OC. The third-order valence-electron chi connectivity index (χ3n) is 1.42. The van der Waals surface area contributed by atoms with E-state index >= 15 is 0 Å². The Morgan fingerprint density at radius 1 is 1.50 bits per heavy atom. The molecular weight excluding hydrogens is 180 g/mol. The quantitative estimate of drug-likeness (QED) is 0.386. The van der Waals surface area contributed by atoms with Crippen LogP contribution in [0.5, 0.6) is 0 Å². The highest BCUT2D eigenvalue weighted by atomic mass is 16.6. The van der Waals surface area contributed by atoms with Gasteiger partial charge in [0.2, 0.25) is 0 Å². The standard InChI is InChI=1S/C9H14O2.C2H4O/c1-3-4-5-6-7-8-9(10)11-2;1-2-3-1/h3,5-6H,1,4,7-8H2,2H3;1-2H2/b6-5+;. The normalized spacial score (nSPS) is 12.9. The zero-order valence-corrected chi connectivity index (χ0v) is 8.70. The molecule has 0 aromatic carbocycles. The number of methoxy groups -OCH3 is 1. The van der Waals surface area contributed by atoms with Crippen molar-refractivity contribution in [2.75, 3.05) is 20.3 Å². The Morgan fingerprint density at radius 2 is 2.14 bits per heavy atom. The molecule has 0 bridgehead atoms. The Labute approximate surface area is 85.4 Å². The topological polar surface area (TPSA) is 38.8 Å². The first-order valence-corrected chi connectivity index (χ1v) is 4.71. The van der Waals surface area contributed by atoms with Crippen molar-refractivity contribution in [3.05, 3.63) is 24.8 Å².